The van der Waals surface area contributed by atoms with Gasteiger partial charge in [-0.25, -0.2) is 15.0 Å². The van der Waals surface area contributed by atoms with Crippen LogP contribution in [0.15, 0.2) is 79.0 Å². The van der Waals surface area contributed by atoms with Crippen LogP contribution in [0, 0.1) is 6.92 Å². The van der Waals surface area contributed by atoms with E-state index >= 15 is 0 Å². The minimum Gasteiger partial charge on any atom is -0.339 e. The van der Waals surface area contributed by atoms with Crippen LogP contribution in [0.2, 0.25) is 0 Å². The predicted octanol–water partition coefficient (Wildman–Crippen LogP) is 4.29. The first kappa shape index (κ1) is 23.6. The fourth-order valence-electron chi connectivity index (χ4n) is 3.88. The summed E-state index contributed by atoms with van der Waals surface area (Å²) in [7, 11) is 1.70. The number of nitrogens with one attached hydrogen (secondary N) is 3. The van der Waals surface area contributed by atoms with Crippen molar-refractivity contribution < 1.29 is 4.79 Å². The predicted molar refractivity (Wildman–Crippen MR) is 145 cm³/mol. The van der Waals surface area contributed by atoms with Crippen LogP contribution in [-0.2, 0) is 11.2 Å². The van der Waals surface area contributed by atoms with Crippen molar-refractivity contribution in [1.82, 2.24) is 34.7 Å². The smallest absolute Gasteiger partial charge is 0.230 e. The van der Waals surface area contributed by atoms with Crippen molar-refractivity contribution in [2.24, 2.45) is 4.99 Å². The number of allylic oxidation sites excluding steroid dienone is 3. The van der Waals surface area contributed by atoms with Crippen LogP contribution in [0.4, 0.5) is 5.69 Å². The molecule has 5 rings (SSSR count). The molecule has 0 unspecified atom stereocenters. The highest BCUT2D eigenvalue weighted by molar-refractivity contribution is 5.93. The number of benzene rings is 1. The number of anilines is 1. The minimum absolute atomic E-state index is 0.150. The SMILES string of the molecule is C=C(/C=C\C=N/C)c1cc(CC(=O)Nc2ccc(-c3cc4c(-n5cnc(C)c5)ncnc4[nH]3)cc2)[nH]n1. The number of imidazole rings is 1. The lowest BCUT2D eigenvalue weighted by Crippen LogP contribution is -2.14. The Bertz CT molecular complexity index is 1630. The molecule has 0 aliphatic carbocycles. The number of rotatable bonds is 8. The number of carbonyl (C=O) groups is 1. The number of carbonyl (C=O) groups excluding carboxylic acids is 1. The summed E-state index contributed by atoms with van der Waals surface area (Å²) in [6.07, 6.45) is 10.6. The Morgan fingerprint density at radius 1 is 1.19 bits per heavy atom. The quantitative estimate of drug-likeness (QED) is 0.220. The Morgan fingerprint density at radius 2 is 2.03 bits per heavy atom. The highest BCUT2D eigenvalue weighted by Crippen LogP contribution is 2.27. The number of H-pyrrole nitrogens is 2. The molecular formula is C27H25N9O. The zero-order chi connectivity index (χ0) is 25.8. The van der Waals surface area contributed by atoms with Crippen molar-refractivity contribution in [2.45, 2.75) is 13.3 Å². The molecule has 4 aromatic heterocycles. The number of aryl methyl sites for hydroxylation is 1. The Labute approximate surface area is 212 Å². The summed E-state index contributed by atoms with van der Waals surface area (Å²) in [5.41, 5.74) is 6.32. The summed E-state index contributed by atoms with van der Waals surface area (Å²) < 4.78 is 1.88. The summed E-state index contributed by atoms with van der Waals surface area (Å²) in [6, 6.07) is 11.5. The zero-order valence-corrected chi connectivity index (χ0v) is 20.4. The van der Waals surface area contributed by atoms with E-state index in [2.05, 4.69) is 47.0 Å². The van der Waals surface area contributed by atoms with Gasteiger partial charge in [-0.1, -0.05) is 24.8 Å². The van der Waals surface area contributed by atoms with E-state index < -0.39 is 0 Å². The molecular weight excluding hydrogens is 466 g/mol. The van der Waals surface area contributed by atoms with Crippen molar-refractivity contribution in [3.05, 3.63) is 91.1 Å². The summed E-state index contributed by atoms with van der Waals surface area (Å²) in [5.74, 6) is 0.608. The summed E-state index contributed by atoms with van der Waals surface area (Å²) >= 11 is 0. The van der Waals surface area contributed by atoms with Gasteiger partial charge in [-0.05, 0) is 48.4 Å². The third kappa shape index (κ3) is 5.27. The molecule has 1 aromatic carbocycles. The molecule has 5 aromatic rings. The number of aliphatic imine (C=N–C) groups is 1. The fourth-order valence-corrected chi connectivity index (χ4v) is 3.88. The Balaban J connectivity index is 1.26. The second-order valence-electron chi connectivity index (χ2n) is 8.44. The molecule has 0 atom stereocenters. The fraction of sp³-hybridized carbons (Fsp3) is 0.111. The Kier molecular flexibility index (Phi) is 6.54. The molecule has 10 heteroatoms. The van der Waals surface area contributed by atoms with Crippen molar-refractivity contribution >= 4 is 34.4 Å². The van der Waals surface area contributed by atoms with E-state index in [0.717, 1.165) is 39.4 Å². The average molecular weight is 492 g/mol. The van der Waals surface area contributed by atoms with Crippen molar-refractivity contribution in [3.8, 4) is 17.1 Å². The maximum Gasteiger partial charge on any atom is 0.230 e. The Morgan fingerprint density at radius 3 is 2.78 bits per heavy atom. The van der Waals surface area contributed by atoms with E-state index in [1.807, 2.05) is 60.2 Å². The molecule has 0 bridgehead atoms. The lowest BCUT2D eigenvalue weighted by atomic mass is 10.1. The van der Waals surface area contributed by atoms with Crippen LogP contribution in [-0.4, -0.2) is 53.9 Å². The molecule has 1 amide bonds. The normalized spacial score (nSPS) is 11.6. The first-order valence-electron chi connectivity index (χ1n) is 11.6. The third-order valence-electron chi connectivity index (χ3n) is 5.68. The largest absolute Gasteiger partial charge is 0.339 e. The molecule has 184 valence electrons. The molecule has 0 fully saturated rings. The number of aromatic amines is 2. The van der Waals surface area contributed by atoms with Gasteiger partial charge in [-0.2, -0.15) is 5.10 Å². The van der Waals surface area contributed by atoms with Gasteiger partial charge in [0.25, 0.3) is 0 Å². The topological polar surface area (TPSA) is 130 Å². The van der Waals surface area contributed by atoms with Crippen molar-refractivity contribution in [3.63, 3.8) is 0 Å². The number of hydrogen-bond acceptors (Lipinski definition) is 6. The van der Waals surface area contributed by atoms with Gasteiger partial charge in [-0.3, -0.25) is 19.5 Å². The minimum atomic E-state index is -0.150. The second-order valence-corrected chi connectivity index (χ2v) is 8.44. The Hall–Kier alpha value is -5.12. The molecule has 37 heavy (non-hydrogen) atoms. The highest BCUT2D eigenvalue weighted by Gasteiger charge is 2.12. The second kappa shape index (κ2) is 10.2. The number of fused-ring (bicyclic) bond motifs is 1. The highest BCUT2D eigenvalue weighted by atomic mass is 16.1. The summed E-state index contributed by atoms with van der Waals surface area (Å²) in [6.45, 7) is 5.91. The van der Waals surface area contributed by atoms with Crippen molar-refractivity contribution in [1.29, 1.82) is 0 Å². The summed E-state index contributed by atoms with van der Waals surface area (Å²) in [5, 5.41) is 10.9. The first-order valence-corrected chi connectivity index (χ1v) is 11.6. The van der Waals surface area contributed by atoms with Crippen LogP contribution >= 0.6 is 0 Å². The number of amides is 1. The summed E-state index contributed by atoms with van der Waals surface area (Å²) in [4.78, 5) is 32.9. The van der Waals surface area contributed by atoms with E-state index in [1.165, 1.54) is 6.33 Å². The van der Waals surface area contributed by atoms with E-state index in [-0.39, 0.29) is 12.3 Å². The van der Waals surface area contributed by atoms with E-state index in [1.54, 1.807) is 25.7 Å². The molecule has 0 radical (unpaired) electrons. The van der Waals surface area contributed by atoms with Gasteiger partial charge >= 0.3 is 0 Å². The van der Waals surface area contributed by atoms with Gasteiger partial charge in [0.05, 0.1) is 23.2 Å². The molecule has 0 saturated carbocycles. The van der Waals surface area contributed by atoms with Gasteiger partial charge < -0.3 is 10.3 Å². The molecule has 0 spiro atoms. The monoisotopic (exact) mass is 491 g/mol. The molecule has 0 aliphatic rings. The van der Waals surface area contributed by atoms with Gasteiger partial charge in [0.1, 0.15) is 18.3 Å². The maximum atomic E-state index is 12.6. The van der Waals surface area contributed by atoms with E-state index in [4.69, 9.17) is 0 Å². The average Bonchev–Trinajstić information content (AvgIpc) is 3.64. The molecule has 0 aliphatic heterocycles. The first-order chi connectivity index (χ1) is 18.0. The lowest BCUT2D eigenvalue weighted by Gasteiger charge is -2.05. The number of nitrogens with zero attached hydrogens (tertiary/aromatic N) is 6. The standard InChI is InChI=1S/C27H25N9O/c1-17(5-4-10-28-3)23-11-21(34-35-23)12-25(37)32-20-8-6-19(7-9-20)24-13-22-26(33-24)29-15-30-27(22)36-14-18(2)31-16-36/h4-11,13-16H,1,12H2,2-3H3,(H,32,37)(H,34,35)(H,29,30,33)/b5-4-,28-10-. The number of aromatic nitrogens is 7. The number of hydrogen-bond donors (Lipinski definition) is 3. The molecule has 3 N–H and O–H groups in total. The molecule has 10 nitrogen and oxygen atoms in total. The van der Waals surface area contributed by atoms with Crippen LogP contribution in [0.1, 0.15) is 17.1 Å². The van der Waals surface area contributed by atoms with Crippen molar-refractivity contribution in [2.75, 3.05) is 12.4 Å². The van der Waals surface area contributed by atoms with Crippen LogP contribution < -0.4 is 5.32 Å². The van der Waals surface area contributed by atoms with Gasteiger partial charge in [0, 0.05) is 36.5 Å². The van der Waals surface area contributed by atoms with Gasteiger partial charge in [0.2, 0.25) is 5.91 Å². The van der Waals surface area contributed by atoms with Crippen LogP contribution in [0.25, 0.3) is 33.7 Å². The van der Waals surface area contributed by atoms with Crippen LogP contribution in [0.5, 0.6) is 0 Å². The van der Waals surface area contributed by atoms with E-state index in [0.29, 0.717) is 17.1 Å². The van der Waals surface area contributed by atoms with Gasteiger partial charge in [0.15, 0.2) is 5.82 Å². The lowest BCUT2D eigenvalue weighted by molar-refractivity contribution is -0.115. The van der Waals surface area contributed by atoms with Gasteiger partial charge in [-0.15, -0.1) is 0 Å². The third-order valence-corrected chi connectivity index (χ3v) is 5.68. The zero-order valence-electron chi connectivity index (χ0n) is 20.4. The molecule has 0 saturated heterocycles. The maximum absolute atomic E-state index is 12.6. The van der Waals surface area contributed by atoms with Crippen LogP contribution in [0.3, 0.4) is 0 Å². The van der Waals surface area contributed by atoms with E-state index in [9.17, 15) is 4.79 Å². The molecule has 4 heterocycles.